The van der Waals surface area contributed by atoms with Gasteiger partial charge in [0, 0.05) is 22.0 Å². The van der Waals surface area contributed by atoms with Crippen molar-refractivity contribution >= 4 is 40.0 Å². The molecule has 172 valence electrons. The lowest BCUT2D eigenvalue weighted by atomic mass is 9.91. The molecule has 1 saturated carbocycles. The number of rotatable bonds is 4. The molecule has 0 bridgehead atoms. The van der Waals surface area contributed by atoms with Crippen LogP contribution in [0, 0.1) is 0 Å². The largest absolute Gasteiger partial charge is 0.495 e. The lowest BCUT2D eigenvalue weighted by Gasteiger charge is -2.45. The summed E-state index contributed by atoms with van der Waals surface area (Å²) in [4.78, 5) is 29.5. The number of hydrogen-bond donors (Lipinski definition) is 1. The number of nitrogens with one attached hydrogen (secondary N) is 1. The standard InChI is InChI=1S/C26H28ClN3O3/c1-26(25(32)28-19-9-4-3-5-10-19)16-29-20-11-7-6-8-17(20)14-22(29)24(31)30(26)21-15-18(27)12-13-23(21)33-2/h6-8,11-15,19H,3-5,9-10,16H2,1-2H3,(H,28,32)/t26-/m1/s1. The lowest BCUT2D eigenvalue weighted by Crippen LogP contribution is -2.65. The highest BCUT2D eigenvalue weighted by Gasteiger charge is 2.49. The molecular formula is C26H28ClN3O3. The minimum atomic E-state index is -1.17. The van der Waals surface area contributed by atoms with Crippen LogP contribution in [0.3, 0.4) is 0 Å². The van der Waals surface area contributed by atoms with Crippen LogP contribution in [0.15, 0.2) is 48.5 Å². The van der Waals surface area contributed by atoms with Crippen LogP contribution in [0.5, 0.6) is 5.75 Å². The van der Waals surface area contributed by atoms with Crippen LogP contribution in [0.25, 0.3) is 10.9 Å². The van der Waals surface area contributed by atoms with Crippen LogP contribution in [0.1, 0.15) is 49.5 Å². The van der Waals surface area contributed by atoms with Crippen LogP contribution < -0.4 is 15.0 Å². The van der Waals surface area contributed by atoms with E-state index in [9.17, 15) is 9.59 Å². The molecule has 2 heterocycles. The molecule has 1 atom stereocenters. The molecule has 0 unspecified atom stereocenters. The summed E-state index contributed by atoms with van der Waals surface area (Å²) in [5.41, 5.74) is 0.811. The first-order chi connectivity index (χ1) is 15.9. The van der Waals surface area contributed by atoms with Crippen LogP contribution >= 0.6 is 11.6 Å². The molecule has 0 spiro atoms. The van der Waals surface area contributed by atoms with Crippen LogP contribution in [0.4, 0.5) is 5.69 Å². The Balaban J connectivity index is 1.66. The molecule has 0 saturated heterocycles. The van der Waals surface area contributed by atoms with Gasteiger partial charge < -0.3 is 14.6 Å². The highest BCUT2D eigenvalue weighted by molar-refractivity contribution is 6.31. The van der Waals surface area contributed by atoms with Crippen molar-refractivity contribution < 1.29 is 14.3 Å². The molecule has 1 aliphatic carbocycles. The summed E-state index contributed by atoms with van der Waals surface area (Å²) >= 11 is 6.33. The molecule has 2 amide bonds. The molecule has 1 N–H and O–H groups in total. The topological polar surface area (TPSA) is 63.6 Å². The van der Waals surface area contributed by atoms with Gasteiger partial charge in [0.1, 0.15) is 17.0 Å². The number of halogens is 1. The van der Waals surface area contributed by atoms with Gasteiger partial charge in [-0.05, 0) is 50.1 Å². The van der Waals surface area contributed by atoms with Crippen molar-refractivity contribution in [2.45, 2.75) is 57.2 Å². The zero-order chi connectivity index (χ0) is 23.2. The van der Waals surface area contributed by atoms with Gasteiger partial charge in [-0.15, -0.1) is 0 Å². The quantitative estimate of drug-likeness (QED) is 0.578. The van der Waals surface area contributed by atoms with Gasteiger partial charge in [0.15, 0.2) is 0 Å². The van der Waals surface area contributed by atoms with Crippen LogP contribution in [-0.2, 0) is 11.3 Å². The zero-order valence-corrected chi connectivity index (χ0v) is 19.7. The van der Waals surface area contributed by atoms with Gasteiger partial charge in [-0.1, -0.05) is 49.1 Å². The summed E-state index contributed by atoms with van der Waals surface area (Å²) in [5, 5.41) is 4.69. The number of benzene rings is 2. The average Bonchev–Trinajstić information content (AvgIpc) is 3.18. The van der Waals surface area contributed by atoms with Gasteiger partial charge >= 0.3 is 0 Å². The van der Waals surface area contributed by atoms with Crippen LogP contribution in [-0.4, -0.2) is 35.1 Å². The van der Waals surface area contributed by atoms with E-state index in [0.717, 1.165) is 36.6 Å². The highest BCUT2D eigenvalue weighted by atomic mass is 35.5. The fourth-order valence-electron chi connectivity index (χ4n) is 5.25. The molecule has 7 heteroatoms. The number of carbonyl (C=O) groups is 2. The Morgan fingerprint density at radius 2 is 1.88 bits per heavy atom. The molecule has 2 aliphatic rings. The number of nitrogens with zero attached hydrogens (tertiary/aromatic N) is 2. The van der Waals surface area contributed by atoms with E-state index in [-0.39, 0.29) is 17.9 Å². The maximum atomic E-state index is 14.0. The molecule has 0 radical (unpaired) electrons. The van der Waals surface area contributed by atoms with E-state index in [1.807, 2.05) is 41.8 Å². The molecule has 1 aliphatic heterocycles. The molecule has 6 nitrogen and oxygen atoms in total. The number of ether oxygens (including phenoxy) is 1. The normalized spacial score (nSPS) is 21.2. The Kier molecular flexibility index (Phi) is 5.57. The second kappa shape index (κ2) is 8.41. The van der Waals surface area contributed by atoms with Crippen molar-refractivity contribution in [3.8, 4) is 5.75 Å². The number of aromatic nitrogens is 1. The number of para-hydroxylation sites is 1. The lowest BCUT2D eigenvalue weighted by molar-refractivity contribution is -0.127. The average molecular weight is 466 g/mol. The van der Waals surface area contributed by atoms with Crippen molar-refractivity contribution in [1.29, 1.82) is 0 Å². The number of amides is 2. The Morgan fingerprint density at radius 3 is 2.64 bits per heavy atom. The van der Waals surface area contributed by atoms with E-state index in [1.54, 1.807) is 30.2 Å². The smallest absolute Gasteiger partial charge is 0.276 e. The Morgan fingerprint density at radius 1 is 1.12 bits per heavy atom. The third kappa shape index (κ3) is 3.66. The first-order valence-corrected chi connectivity index (χ1v) is 11.9. The minimum Gasteiger partial charge on any atom is -0.495 e. The van der Waals surface area contributed by atoms with Gasteiger partial charge in [-0.25, -0.2) is 0 Å². The van der Waals surface area contributed by atoms with Crippen molar-refractivity contribution in [2.24, 2.45) is 0 Å². The summed E-state index contributed by atoms with van der Waals surface area (Å²) in [6, 6.07) is 15.0. The summed E-state index contributed by atoms with van der Waals surface area (Å²) in [6.45, 7) is 2.16. The molecular weight excluding hydrogens is 438 g/mol. The van der Waals surface area contributed by atoms with Gasteiger partial charge in [-0.3, -0.25) is 14.5 Å². The maximum Gasteiger partial charge on any atom is 0.276 e. The second-order valence-electron chi connectivity index (χ2n) is 9.21. The molecule has 3 aromatic rings. The maximum absolute atomic E-state index is 14.0. The second-order valence-corrected chi connectivity index (χ2v) is 9.65. The Labute approximate surface area is 198 Å². The Hall–Kier alpha value is -2.99. The first-order valence-electron chi connectivity index (χ1n) is 11.5. The summed E-state index contributed by atoms with van der Waals surface area (Å²) < 4.78 is 7.54. The molecule has 5 rings (SSSR count). The van der Waals surface area contributed by atoms with Crippen molar-refractivity contribution in [3.05, 3.63) is 59.2 Å². The zero-order valence-electron chi connectivity index (χ0n) is 18.9. The first kappa shape index (κ1) is 21.8. The predicted molar refractivity (Wildman–Crippen MR) is 130 cm³/mol. The van der Waals surface area contributed by atoms with E-state index in [4.69, 9.17) is 16.3 Å². The van der Waals surface area contributed by atoms with Gasteiger partial charge in [0.05, 0.1) is 19.3 Å². The number of fused-ring (bicyclic) bond motifs is 3. The van der Waals surface area contributed by atoms with Gasteiger partial charge in [-0.2, -0.15) is 0 Å². The van der Waals surface area contributed by atoms with Crippen LogP contribution in [0.2, 0.25) is 5.02 Å². The predicted octanol–water partition coefficient (Wildman–Crippen LogP) is 5.17. The number of methoxy groups -OCH3 is 1. The number of hydrogen-bond acceptors (Lipinski definition) is 3. The molecule has 33 heavy (non-hydrogen) atoms. The van der Waals surface area contributed by atoms with E-state index >= 15 is 0 Å². The van der Waals surface area contributed by atoms with Gasteiger partial charge in [0.2, 0.25) is 5.91 Å². The Bertz CT molecular complexity index is 1230. The summed E-state index contributed by atoms with van der Waals surface area (Å²) in [5.74, 6) is 0.0847. The SMILES string of the molecule is COc1ccc(Cl)cc1N1C(=O)c2cc3ccccc3n2C[C@]1(C)C(=O)NC1CCCCC1. The minimum absolute atomic E-state index is 0.129. The fourth-order valence-corrected chi connectivity index (χ4v) is 5.42. The van der Waals surface area contributed by atoms with Crippen molar-refractivity contribution in [2.75, 3.05) is 12.0 Å². The number of anilines is 1. The third-order valence-electron chi connectivity index (χ3n) is 7.00. The van der Waals surface area contributed by atoms with Gasteiger partial charge in [0.25, 0.3) is 5.91 Å². The summed E-state index contributed by atoms with van der Waals surface area (Å²) in [7, 11) is 1.55. The summed E-state index contributed by atoms with van der Waals surface area (Å²) in [6.07, 6.45) is 5.35. The van der Waals surface area contributed by atoms with E-state index < -0.39 is 5.54 Å². The highest BCUT2D eigenvalue weighted by Crippen LogP contribution is 2.41. The molecule has 1 fully saturated rings. The van der Waals surface area contributed by atoms with Crippen molar-refractivity contribution in [3.63, 3.8) is 0 Å². The fraction of sp³-hybridized carbons (Fsp3) is 0.385. The molecule has 1 aromatic heterocycles. The van der Waals surface area contributed by atoms with E-state index in [0.29, 0.717) is 28.7 Å². The van der Waals surface area contributed by atoms with Crippen molar-refractivity contribution in [1.82, 2.24) is 9.88 Å². The third-order valence-corrected chi connectivity index (χ3v) is 7.24. The number of carbonyl (C=O) groups excluding carboxylic acids is 2. The monoisotopic (exact) mass is 465 g/mol. The van der Waals surface area contributed by atoms with E-state index in [2.05, 4.69) is 5.32 Å². The van der Waals surface area contributed by atoms with E-state index in [1.165, 1.54) is 6.42 Å². The molecule has 2 aromatic carbocycles.